The second-order valence-corrected chi connectivity index (χ2v) is 9.42. The summed E-state index contributed by atoms with van der Waals surface area (Å²) >= 11 is 1.49. The molecule has 2 heterocycles. The standard InChI is InChI=1S/C18H26N4O3S2/c1-14(12-25-2)19-18-21-20-17(13-26-18)15-6-8-16(9-7-15)27(23,24)22-10-4-3-5-11-22/h6-9,13-14,20H,3-5,10-12H2,1-2H3,(H,19,21)/t14-/m0/s1. The molecule has 0 radical (unpaired) electrons. The van der Waals surface area contributed by atoms with Crippen LogP contribution in [0.25, 0.3) is 5.70 Å². The number of sulfonamides is 1. The summed E-state index contributed by atoms with van der Waals surface area (Å²) in [6.07, 6.45) is 2.97. The predicted molar refractivity (Wildman–Crippen MR) is 110 cm³/mol. The number of aliphatic imine (C=N–C) groups is 1. The van der Waals surface area contributed by atoms with Crippen molar-refractivity contribution in [3.05, 3.63) is 35.2 Å². The van der Waals surface area contributed by atoms with E-state index in [0.717, 1.165) is 35.7 Å². The van der Waals surface area contributed by atoms with Crippen LogP contribution in [0, 0.1) is 0 Å². The largest absolute Gasteiger partial charge is 0.382 e. The topological polar surface area (TPSA) is 83.0 Å². The number of benzene rings is 1. The number of methoxy groups -OCH3 is 1. The Labute approximate surface area is 165 Å². The number of piperidine rings is 1. The van der Waals surface area contributed by atoms with Gasteiger partial charge in [-0.25, -0.2) is 8.42 Å². The zero-order chi connectivity index (χ0) is 19.3. The van der Waals surface area contributed by atoms with Crippen LogP contribution in [-0.4, -0.2) is 50.7 Å². The molecule has 1 aromatic rings. The van der Waals surface area contributed by atoms with Gasteiger partial charge in [0.1, 0.15) is 0 Å². The molecule has 0 amide bonds. The molecule has 1 fully saturated rings. The fraction of sp³-hybridized carbons (Fsp3) is 0.500. The lowest BCUT2D eigenvalue weighted by Gasteiger charge is -2.26. The van der Waals surface area contributed by atoms with Crippen LogP contribution in [0.1, 0.15) is 31.7 Å². The van der Waals surface area contributed by atoms with Crippen LogP contribution in [-0.2, 0) is 14.8 Å². The maximum Gasteiger partial charge on any atom is 0.243 e. The van der Waals surface area contributed by atoms with Crippen LogP contribution in [0.3, 0.4) is 0 Å². The summed E-state index contributed by atoms with van der Waals surface area (Å²) in [6.45, 7) is 3.77. The first kappa shape index (κ1) is 20.2. The third-order valence-corrected chi connectivity index (χ3v) is 7.15. The molecule has 0 spiro atoms. The number of hydrogen-bond acceptors (Lipinski definition) is 6. The Morgan fingerprint density at radius 2 is 1.89 bits per heavy atom. The van der Waals surface area contributed by atoms with E-state index < -0.39 is 10.0 Å². The lowest BCUT2D eigenvalue weighted by molar-refractivity contribution is 0.186. The number of thioether (sulfide) groups is 1. The average Bonchev–Trinajstić information content (AvgIpc) is 2.69. The van der Waals surface area contributed by atoms with Gasteiger partial charge in [-0.15, -0.1) is 0 Å². The molecule has 2 aliphatic rings. The maximum atomic E-state index is 12.7. The molecule has 9 heteroatoms. The van der Waals surface area contributed by atoms with Crippen molar-refractivity contribution < 1.29 is 13.2 Å². The van der Waals surface area contributed by atoms with Crippen LogP contribution < -0.4 is 10.9 Å². The van der Waals surface area contributed by atoms with E-state index in [2.05, 4.69) is 15.8 Å². The first-order chi connectivity index (χ1) is 13.0. The molecule has 0 aromatic heterocycles. The Morgan fingerprint density at radius 3 is 2.48 bits per heavy atom. The maximum absolute atomic E-state index is 12.7. The van der Waals surface area contributed by atoms with E-state index in [9.17, 15) is 8.42 Å². The van der Waals surface area contributed by atoms with E-state index in [1.165, 1.54) is 11.8 Å². The number of hydrogen-bond donors (Lipinski definition) is 2. The van der Waals surface area contributed by atoms with Crippen molar-refractivity contribution in [2.75, 3.05) is 26.8 Å². The molecule has 1 saturated heterocycles. The van der Waals surface area contributed by atoms with E-state index in [4.69, 9.17) is 4.74 Å². The quantitative estimate of drug-likeness (QED) is 0.749. The SMILES string of the molecule is COC[C@H](C)N=C1NNC(c2ccc(S(=O)(=O)N3CCCCC3)cc2)=CS1. The Morgan fingerprint density at radius 1 is 1.19 bits per heavy atom. The Balaban J connectivity index is 1.68. The zero-order valence-corrected chi connectivity index (χ0v) is 17.3. The summed E-state index contributed by atoms with van der Waals surface area (Å²) in [7, 11) is -1.74. The van der Waals surface area contributed by atoms with Crippen molar-refractivity contribution in [3.63, 3.8) is 0 Å². The first-order valence-corrected chi connectivity index (χ1v) is 11.4. The second kappa shape index (κ2) is 9.09. The Hall–Kier alpha value is -1.55. The Kier molecular flexibility index (Phi) is 6.80. The van der Waals surface area contributed by atoms with Crippen molar-refractivity contribution >= 4 is 32.6 Å². The molecule has 27 heavy (non-hydrogen) atoms. The van der Waals surface area contributed by atoms with Crippen LogP contribution in [0.5, 0.6) is 0 Å². The van der Waals surface area contributed by atoms with Crippen molar-refractivity contribution in [1.29, 1.82) is 0 Å². The molecule has 2 aliphatic heterocycles. The highest BCUT2D eigenvalue weighted by Gasteiger charge is 2.25. The zero-order valence-electron chi connectivity index (χ0n) is 15.6. The van der Waals surface area contributed by atoms with Crippen LogP contribution in [0.2, 0.25) is 0 Å². The molecular weight excluding hydrogens is 384 g/mol. The van der Waals surface area contributed by atoms with Gasteiger partial charge in [0, 0.05) is 31.2 Å². The number of hydrazine groups is 1. The highest BCUT2D eigenvalue weighted by atomic mass is 32.2. The molecule has 0 saturated carbocycles. The van der Waals surface area contributed by atoms with E-state index in [0.29, 0.717) is 24.6 Å². The fourth-order valence-electron chi connectivity index (χ4n) is 3.04. The minimum Gasteiger partial charge on any atom is -0.382 e. The third-order valence-electron chi connectivity index (χ3n) is 4.46. The van der Waals surface area contributed by atoms with Crippen molar-refractivity contribution in [2.24, 2.45) is 4.99 Å². The molecule has 148 valence electrons. The molecule has 1 atom stereocenters. The molecule has 1 aromatic carbocycles. The summed E-state index contributed by atoms with van der Waals surface area (Å²) in [4.78, 5) is 4.85. The van der Waals surface area contributed by atoms with E-state index in [1.807, 2.05) is 24.5 Å². The van der Waals surface area contributed by atoms with E-state index >= 15 is 0 Å². The van der Waals surface area contributed by atoms with Gasteiger partial charge in [-0.2, -0.15) is 4.31 Å². The second-order valence-electron chi connectivity index (χ2n) is 6.63. The molecule has 7 nitrogen and oxygen atoms in total. The third kappa shape index (κ3) is 5.04. The first-order valence-electron chi connectivity index (χ1n) is 9.07. The van der Waals surface area contributed by atoms with Crippen molar-refractivity contribution in [3.8, 4) is 0 Å². The Bertz CT molecular complexity index is 800. The summed E-state index contributed by atoms with van der Waals surface area (Å²) < 4.78 is 32.1. The van der Waals surface area contributed by atoms with Crippen LogP contribution in [0.15, 0.2) is 39.6 Å². The van der Waals surface area contributed by atoms with Gasteiger partial charge in [-0.05, 0) is 31.9 Å². The van der Waals surface area contributed by atoms with E-state index in [-0.39, 0.29) is 6.04 Å². The molecule has 2 N–H and O–H groups in total. The fourth-order valence-corrected chi connectivity index (χ4v) is 5.33. The molecule has 3 rings (SSSR count). The molecule has 0 unspecified atom stereocenters. The minimum atomic E-state index is -3.40. The highest BCUT2D eigenvalue weighted by molar-refractivity contribution is 8.16. The minimum absolute atomic E-state index is 0.0704. The van der Waals surface area contributed by atoms with Crippen molar-refractivity contribution in [2.45, 2.75) is 37.1 Å². The van der Waals surface area contributed by atoms with Gasteiger partial charge in [-0.3, -0.25) is 15.8 Å². The van der Waals surface area contributed by atoms with E-state index in [1.54, 1.807) is 23.5 Å². The van der Waals surface area contributed by atoms with Gasteiger partial charge >= 0.3 is 0 Å². The van der Waals surface area contributed by atoms with Crippen LogP contribution >= 0.6 is 11.8 Å². The van der Waals surface area contributed by atoms with Gasteiger partial charge in [0.2, 0.25) is 10.0 Å². The summed E-state index contributed by atoms with van der Waals surface area (Å²) in [5.41, 5.74) is 7.97. The molecule has 0 bridgehead atoms. The number of ether oxygens (including phenoxy) is 1. The normalized spacial score (nSPS) is 21.3. The summed E-state index contributed by atoms with van der Waals surface area (Å²) in [5.74, 6) is 0. The van der Waals surface area contributed by atoms with Gasteiger partial charge in [0.15, 0.2) is 5.17 Å². The van der Waals surface area contributed by atoms with Gasteiger partial charge < -0.3 is 4.74 Å². The number of nitrogens with zero attached hydrogens (tertiary/aromatic N) is 2. The monoisotopic (exact) mass is 410 g/mol. The molecular formula is C18H26N4O3S2. The smallest absolute Gasteiger partial charge is 0.243 e. The molecule has 0 aliphatic carbocycles. The van der Waals surface area contributed by atoms with Gasteiger partial charge in [-0.1, -0.05) is 30.3 Å². The number of amidine groups is 1. The average molecular weight is 411 g/mol. The lowest BCUT2D eigenvalue weighted by atomic mass is 10.2. The highest BCUT2D eigenvalue weighted by Crippen LogP contribution is 2.24. The summed E-state index contributed by atoms with van der Waals surface area (Å²) in [6, 6.07) is 7.08. The lowest BCUT2D eigenvalue weighted by Crippen LogP contribution is -2.37. The van der Waals surface area contributed by atoms with Gasteiger partial charge in [0.05, 0.1) is 23.2 Å². The van der Waals surface area contributed by atoms with Gasteiger partial charge in [0.25, 0.3) is 0 Å². The predicted octanol–water partition coefficient (Wildman–Crippen LogP) is 2.39. The number of nitrogens with one attached hydrogen (secondary N) is 2. The van der Waals surface area contributed by atoms with Crippen LogP contribution in [0.4, 0.5) is 0 Å². The van der Waals surface area contributed by atoms with Crippen molar-refractivity contribution in [1.82, 2.24) is 15.2 Å². The summed E-state index contributed by atoms with van der Waals surface area (Å²) in [5, 5.41) is 2.73. The number of rotatable bonds is 6.